The summed E-state index contributed by atoms with van der Waals surface area (Å²) in [4.78, 5) is 4.98. The molecule has 104 valence electrons. The molecule has 2 nitrogen and oxygen atoms in total. The van der Waals surface area contributed by atoms with Crippen LogP contribution in [0.4, 0.5) is 0 Å². The van der Waals surface area contributed by atoms with Crippen molar-refractivity contribution in [3.8, 4) is 12.8 Å². The van der Waals surface area contributed by atoms with Crippen LogP contribution < -0.4 is 0 Å². The van der Waals surface area contributed by atoms with Crippen molar-refractivity contribution in [3.05, 3.63) is 0 Å². The highest BCUT2D eigenvalue weighted by molar-refractivity contribution is 4.79. The molecular formula is C15H34N2. The quantitative estimate of drug-likeness (QED) is 0.651. The molecule has 0 bridgehead atoms. The van der Waals surface area contributed by atoms with Gasteiger partial charge >= 0.3 is 0 Å². The number of piperazine rings is 1. The van der Waals surface area contributed by atoms with Gasteiger partial charge in [0.05, 0.1) is 0 Å². The minimum absolute atomic E-state index is 0.707. The van der Waals surface area contributed by atoms with Crippen molar-refractivity contribution >= 4 is 0 Å². The molecule has 0 N–H and O–H groups in total. The fraction of sp³-hybridized carbons (Fsp3) is 0.867. The van der Waals surface area contributed by atoms with Crippen molar-refractivity contribution in [1.82, 2.24) is 9.80 Å². The highest BCUT2D eigenvalue weighted by atomic mass is 15.3. The van der Waals surface area contributed by atoms with Crippen LogP contribution in [-0.4, -0.2) is 48.6 Å². The summed E-state index contributed by atoms with van der Waals surface area (Å²) < 4.78 is 0. The van der Waals surface area contributed by atoms with Crippen LogP contribution in [0.1, 0.15) is 48.5 Å². The van der Waals surface area contributed by atoms with E-state index in [2.05, 4.69) is 50.5 Å². The SMILES string of the molecule is C#C.CC.CC.CC(C)N1CCN(C)CC1C. The number of rotatable bonds is 1. The molecule has 0 aromatic heterocycles. The average Bonchev–Trinajstić information content (AvgIpc) is 2.36. The molecule has 0 amide bonds. The Kier molecular flexibility index (Phi) is 19.8. The van der Waals surface area contributed by atoms with Gasteiger partial charge in [0.2, 0.25) is 0 Å². The van der Waals surface area contributed by atoms with Crippen LogP contribution in [0.3, 0.4) is 0 Å². The van der Waals surface area contributed by atoms with Crippen LogP contribution in [0.25, 0.3) is 0 Å². The van der Waals surface area contributed by atoms with Gasteiger partial charge in [-0.15, -0.1) is 12.8 Å². The Labute approximate surface area is 110 Å². The minimum Gasteiger partial charge on any atom is -0.304 e. The van der Waals surface area contributed by atoms with Crippen molar-refractivity contribution in [2.75, 3.05) is 26.7 Å². The molecule has 0 aromatic carbocycles. The van der Waals surface area contributed by atoms with Gasteiger partial charge in [0.1, 0.15) is 0 Å². The van der Waals surface area contributed by atoms with Gasteiger partial charge in [0.15, 0.2) is 0 Å². The van der Waals surface area contributed by atoms with E-state index >= 15 is 0 Å². The molecule has 0 aromatic rings. The van der Waals surface area contributed by atoms with Crippen molar-refractivity contribution in [3.63, 3.8) is 0 Å². The molecule has 0 spiro atoms. The molecule has 1 unspecified atom stereocenters. The molecule has 0 aliphatic carbocycles. The van der Waals surface area contributed by atoms with Crippen molar-refractivity contribution < 1.29 is 0 Å². The van der Waals surface area contributed by atoms with Gasteiger partial charge < -0.3 is 4.90 Å². The number of likely N-dealkylation sites (N-methyl/N-ethyl adjacent to an activating group) is 1. The van der Waals surface area contributed by atoms with E-state index in [1.54, 1.807) is 0 Å². The maximum absolute atomic E-state index is 4.00. The Morgan fingerprint density at radius 3 is 1.71 bits per heavy atom. The van der Waals surface area contributed by atoms with E-state index in [0.717, 1.165) is 6.04 Å². The van der Waals surface area contributed by atoms with E-state index in [9.17, 15) is 0 Å². The largest absolute Gasteiger partial charge is 0.304 e. The first-order valence-electron chi connectivity index (χ1n) is 6.89. The summed E-state index contributed by atoms with van der Waals surface area (Å²) in [7, 11) is 2.20. The normalized spacial score (nSPS) is 20.1. The van der Waals surface area contributed by atoms with Gasteiger partial charge in [0, 0.05) is 31.7 Å². The zero-order valence-electron chi connectivity index (χ0n) is 13.3. The molecular weight excluding hydrogens is 208 g/mol. The number of terminal acetylenes is 1. The molecule has 1 aliphatic rings. The van der Waals surface area contributed by atoms with Gasteiger partial charge in [-0.1, -0.05) is 27.7 Å². The molecule has 0 saturated carbocycles. The third-order valence-corrected chi connectivity index (χ3v) is 2.55. The van der Waals surface area contributed by atoms with Crippen LogP contribution in [0, 0.1) is 12.8 Å². The van der Waals surface area contributed by atoms with Crippen LogP contribution >= 0.6 is 0 Å². The molecule has 1 heterocycles. The molecule has 1 saturated heterocycles. The molecule has 17 heavy (non-hydrogen) atoms. The molecule has 1 rings (SSSR count). The third-order valence-electron chi connectivity index (χ3n) is 2.55. The molecule has 0 radical (unpaired) electrons. The highest BCUT2D eigenvalue weighted by Crippen LogP contribution is 2.10. The monoisotopic (exact) mass is 242 g/mol. The smallest absolute Gasteiger partial charge is 0.0198 e. The first-order valence-corrected chi connectivity index (χ1v) is 6.89. The molecule has 1 fully saturated rings. The summed E-state index contributed by atoms with van der Waals surface area (Å²) in [6, 6.07) is 1.44. The Morgan fingerprint density at radius 1 is 1.00 bits per heavy atom. The summed E-state index contributed by atoms with van der Waals surface area (Å²) >= 11 is 0. The first-order chi connectivity index (χ1) is 8.11. The van der Waals surface area contributed by atoms with Gasteiger partial charge in [-0.3, -0.25) is 4.90 Å². The summed E-state index contributed by atoms with van der Waals surface area (Å²) in [5.41, 5.74) is 0. The Morgan fingerprint density at radius 2 is 1.41 bits per heavy atom. The number of hydrogen-bond acceptors (Lipinski definition) is 2. The summed E-state index contributed by atoms with van der Waals surface area (Å²) in [6.45, 7) is 18.6. The molecule has 1 atom stereocenters. The molecule has 1 aliphatic heterocycles. The number of nitrogens with zero attached hydrogens (tertiary/aromatic N) is 2. The summed E-state index contributed by atoms with van der Waals surface area (Å²) in [6.07, 6.45) is 8.00. The Hall–Kier alpha value is -0.520. The van der Waals surface area contributed by atoms with Crippen molar-refractivity contribution in [2.24, 2.45) is 0 Å². The lowest BCUT2D eigenvalue weighted by molar-refractivity contribution is 0.0741. The van der Waals surface area contributed by atoms with Crippen molar-refractivity contribution in [1.29, 1.82) is 0 Å². The van der Waals surface area contributed by atoms with Gasteiger partial charge in [0.25, 0.3) is 0 Å². The fourth-order valence-electron chi connectivity index (χ4n) is 1.92. The number of hydrogen-bond donors (Lipinski definition) is 0. The van der Waals surface area contributed by atoms with Crippen molar-refractivity contribution in [2.45, 2.75) is 60.5 Å². The second kappa shape index (κ2) is 15.5. The van der Waals surface area contributed by atoms with E-state index in [-0.39, 0.29) is 0 Å². The van der Waals surface area contributed by atoms with Crippen LogP contribution in [0.2, 0.25) is 0 Å². The second-order valence-corrected chi connectivity index (χ2v) is 3.94. The first kappa shape index (κ1) is 21.7. The maximum atomic E-state index is 4.00. The predicted molar refractivity (Wildman–Crippen MR) is 81.4 cm³/mol. The zero-order valence-corrected chi connectivity index (χ0v) is 13.3. The fourth-order valence-corrected chi connectivity index (χ4v) is 1.92. The van der Waals surface area contributed by atoms with Gasteiger partial charge in [-0.05, 0) is 27.8 Å². The standard InChI is InChI=1S/C9H20N2.2C2H6.C2H2/c1-8(2)11-6-5-10(4)7-9(11)3;3*1-2/h8-9H,5-7H2,1-4H3;2*1-2H3;1-2H. The minimum atomic E-state index is 0.707. The maximum Gasteiger partial charge on any atom is 0.0198 e. The van der Waals surface area contributed by atoms with E-state index in [1.165, 1.54) is 19.6 Å². The summed E-state index contributed by atoms with van der Waals surface area (Å²) in [5, 5.41) is 0. The lowest BCUT2D eigenvalue weighted by atomic mass is 10.1. The summed E-state index contributed by atoms with van der Waals surface area (Å²) in [5.74, 6) is 0. The van der Waals surface area contributed by atoms with E-state index < -0.39 is 0 Å². The Bertz CT molecular complexity index is 152. The average molecular weight is 242 g/mol. The lowest BCUT2D eigenvalue weighted by Crippen LogP contribution is -2.52. The second-order valence-electron chi connectivity index (χ2n) is 3.94. The zero-order chi connectivity index (χ0) is 14.4. The van der Waals surface area contributed by atoms with E-state index in [0.29, 0.717) is 6.04 Å². The van der Waals surface area contributed by atoms with E-state index in [4.69, 9.17) is 0 Å². The highest BCUT2D eigenvalue weighted by Gasteiger charge is 2.22. The van der Waals surface area contributed by atoms with Crippen LogP contribution in [0.15, 0.2) is 0 Å². The third kappa shape index (κ3) is 10.4. The predicted octanol–water partition coefficient (Wildman–Crippen LogP) is 3.33. The lowest BCUT2D eigenvalue weighted by Gasteiger charge is -2.40. The van der Waals surface area contributed by atoms with Gasteiger partial charge in [-0.25, -0.2) is 0 Å². The Balaban J connectivity index is -0.000000285. The van der Waals surface area contributed by atoms with Crippen LogP contribution in [-0.2, 0) is 0 Å². The van der Waals surface area contributed by atoms with Crippen LogP contribution in [0.5, 0.6) is 0 Å². The van der Waals surface area contributed by atoms with Gasteiger partial charge in [-0.2, -0.15) is 0 Å². The van der Waals surface area contributed by atoms with E-state index in [1.807, 2.05) is 27.7 Å². The topological polar surface area (TPSA) is 6.48 Å². The molecule has 2 heteroatoms.